The van der Waals surface area contributed by atoms with Crippen LogP contribution in [0.4, 0.5) is 11.4 Å². The van der Waals surface area contributed by atoms with Gasteiger partial charge in [-0.2, -0.15) is 0 Å². The van der Waals surface area contributed by atoms with Crippen molar-refractivity contribution in [3.05, 3.63) is 59.1 Å². The molecular weight excluding hydrogens is 390 g/mol. The largest absolute Gasteiger partial charge is 0.352 e. The average Bonchev–Trinajstić information content (AvgIpc) is 3.11. The fourth-order valence-corrected chi connectivity index (χ4v) is 3.38. The van der Waals surface area contributed by atoms with Gasteiger partial charge < -0.3 is 15.5 Å². The van der Waals surface area contributed by atoms with Crippen molar-refractivity contribution in [3.8, 4) is 0 Å². The zero-order chi connectivity index (χ0) is 20.8. The predicted octanol–water partition coefficient (Wildman–Crippen LogP) is 3.86. The molecule has 0 saturated carbocycles. The number of unbranched alkanes of at least 4 members (excludes halogenated alkanes) is 1. The lowest BCUT2D eigenvalue weighted by molar-refractivity contribution is -0.122. The van der Waals surface area contributed by atoms with Crippen molar-refractivity contribution in [1.29, 1.82) is 0 Å². The number of benzene rings is 2. The summed E-state index contributed by atoms with van der Waals surface area (Å²) in [5.74, 6) is -1.10. The van der Waals surface area contributed by atoms with E-state index in [1.54, 1.807) is 53.4 Å². The Hall–Kier alpha value is -2.86. The lowest BCUT2D eigenvalue weighted by atomic mass is 10.1. The van der Waals surface area contributed by atoms with Crippen molar-refractivity contribution in [1.82, 2.24) is 5.32 Å². The summed E-state index contributed by atoms with van der Waals surface area (Å²) in [5.41, 5.74) is 1.57. The Labute approximate surface area is 175 Å². The monoisotopic (exact) mass is 413 g/mol. The van der Waals surface area contributed by atoms with E-state index >= 15 is 0 Å². The molecule has 1 aliphatic rings. The molecule has 2 aromatic rings. The maximum Gasteiger partial charge on any atom is 0.253 e. The predicted molar refractivity (Wildman–Crippen MR) is 114 cm³/mol. The van der Waals surface area contributed by atoms with Gasteiger partial charge in [-0.3, -0.25) is 14.4 Å². The van der Waals surface area contributed by atoms with Gasteiger partial charge in [0.2, 0.25) is 11.8 Å². The van der Waals surface area contributed by atoms with Crippen molar-refractivity contribution < 1.29 is 14.4 Å². The lowest BCUT2D eigenvalue weighted by Gasteiger charge is -2.17. The number of carbonyl (C=O) groups excluding carboxylic acids is 3. The molecule has 1 atom stereocenters. The fraction of sp³-hybridized carbons (Fsp3) is 0.318. The van der Waals surface area contributed by atoms with Crippen LogP contribution in [0.25, 0.3) is 0 Å². The number of para-hydroxylation sites is 1. The van der Waals surface area contributed by atoms with Crippen LogP contribution in [-0.2, 0) is 9.59 Å². The first kappa shape index (κ1) is 20.9. The van der Waals surface area contributed by atoms with E-state index in [1.807, 2.05) is 0 Å². The standard InChI is InChI=1S/C22H24ClN3O3/c1-2-3-12-24-22(29)18-6-4-5-7-19(18)25-21(28)15-13-20(27)26(14-15)17-10-8-16(23)9-11-17/h4-11,15H,2-3,12-14H2,1H3,(H,24,29)(H,25,28)/t15-/m1/s1. The van der Waals surface area contributed by atoms with Crippen molar-refractivity contribution >= 4 is 40.7 Å². The Kier molecular flexibility index (Phi) is 6.88. The summed E-state index contributed by atoms with van der Waals surface area (Å²) in [5, 5.41) is 6.27. The van der Waals surface area contributed by atoms with E-state index < -0.39 is 5.92 Å². The second kappa shape index (κ2) is 9.56. The summed E-state index contributed by atoms with van der Waals surface area (Å²) in [4.78, 5) is 39.2. The first-order valence-corrected chi connectivity index (χ1v) is 10.1. The molecule has 0 aliphatic carbocycles. The van der Waals surface area contributed by atoms with Crippen LogP contribution in [0.2, 0.25) is 5.02 Å². The molecule has 7 heteroatoms. The fourth-order valence-electron chi connectivity index (χ4n) is 3.25. The van der Waals surface area contributed by atoms with Gasteiger partial charge in [0.15, 0.2) is 0 Å². The number of amides is 3. The maximum absolute atomic E-state index is 12.8. The minimum atomic E-state index is -0.491. The summed E-state index contributed by atoms with van der Waals surface area (Å²) in [6.45, 7) is 2.93. The Morgan fingerprint density at radius 2 is 1.86 bits per heavy atom. The molecular formula is C22H24ClN3O3. The molecule has 2 N–H and O–H groups in total. The van der Waals surface area contributed by atoms with Crippen LogP contribution in [-0.4, -0.2) is 30.8 Å². The number of hydrogen-bond acceptors (Lipinski definition) is 3. The Balaban J connectivity index is 1.67. The van der Waals surface area contributed by atoms with Gasteiger partial charge in [0.1, 0.15) is 0 Å². The van der Waals surface area contributed by atoms with Crippen LogP contribution < -0.4 is 15.5 Å². The Morgan fingerprint density at radius 1 is 1.14 bits per heavy atom. The molecule has 3 rings (SSSR count). The quantitative estimate of drug-likeness (QED) is 0.676. The summed E-state index contributed by atoms with van der Waals surface area (Å²) >= 11 is 5.90. The SMILES string of the molecule is CCCCNC(=O)c1ccccc1NC(=O)[C@@H]1CC(=O)N(c2ccc(Cl)cc2)C1. The normalized spacial score (nSPS) is 16.0. The van der Waals surface area contributed by atoms with E-state index in [-0.39, 0.29) is 30.7 Å². The molecule has 2 aromatic carbocycles. The summed E-state index contributed by atoms with van der Waals surface area (Å²) < 4.78 is 0. The summed E-state index contributed by atoms with van der Waals surface area (Å²) in [7, 11) is 0. The van der Waals surface area contributed by atoms with Crippen molar-refractivity contribution in [3.63, 3.8) is 0 Å². The third-order valence-electron chi connectivity index (χ3n) is 4.88. The molecule has 0 spiro atoms. The maximum atomic E-state index is 12.8. The van der Waals surface area contributed by atoms with Crippen LogP contribution in [0.1, 0.15) is 36.5 Å². The highest BCUT2D eigenvalue weighted by molar-refractivity contribution is 6.30. The van der Waals surface area contributed by atoms with E-state index in [9.17, 15) is 14.4 Å². The van der Waals surface area contributed by atoms with Gasteiger partial charge in [-0.1, -0.05) is 37.1 Å². The molecule has 0 radical (unpaired) electrons. The number of hydrogen-bond donors (Lipinski definition) is 2. The highest BCUT2D eigenvalue weighted by Crippen LogP contribution is 2.27. The minimum absolute atomic E-state index is 0.113. The Morgan fingerprint density at radius 3 is 2.59 bits per heavy atom. The average molecular weight is 414 g/mol. The van der Waals surface area contributed by atoms with Gasteiger partial charge >= 0.3 is 0 Å². The Bertz CT molecular complexity index is 898. The second-order valence-corrected chi connectivity index (χ2v) is 7.46. The number of rotatable bonds is 7. The van der Waals surface area contributed by atoms with Crippen LogP contribution in [0, 0.1) is 5.92 Å². The van der Waals surface area contributed by atoms with Gasteiger partial charge in [-0.15, -0.1) is 0 Å². The topological polar surface area (TPSA) is 78.5 Å². The molecule has 0 aromatic heterocycles. The van der Waals surface area contributed by atoms with Crippen molar-refractivity contribution in [2.24, 2.45) is 5.92 Å². The summed E-state index contributed by atoms with van der Waals surface area (Å²) in [6, 6.07) is 13.8. The highest BCUT2D eigenvalue weighted by Gasteiger charge is 2.35. The number of nitrogens with one attached hydrogen (secondary N) is 2. The second-order valence-electron chi connectivity index (χ2n) is 7.03. The van der Waals surface area contributed by atoms with E-state index in [0.29, 0.717) is 28.5 Å². The molecule has 6 nitrogen and oxygen atoms in total. The van der Waals surface area contributed by atoms with Crippen LogP contribution in [0.3, 0.4) is 0 Å². The first-order valence-electron chi connectivity index (χ1n) is 9.73. The summed E-state index contributed by atoms with van der Waals surface area (Å²) in [6.07, 6.45) is 2.00. The molecule has 152 valence electrons. The molecule has 0 unspecified atom stereocenters. The van der Waals surface area contributed by atoms with Crippen LogP contribution in [0.15, 0.2) is 48.5 Å². The number of anilines is 2. The van der Waals surface area contributed by atoms with E-state index in [0.717, 1.165) is 12.8 Å². The zero-order valence-electron chi connectivity index (χ0n) is 16.3. The third kappa shape index (κ3) is 5.15. The minimum Gasteiger partial charge on any atom is -0.352 e. The van der Waals surface area contributed by atoms with Crippen LogP contribution >= 0.6 is 11.6 Å². The number of carbonyl (C=O) groups is 3. The highest BCUT2D eigenvalue weighted by atomic mass is 35.5. The molecule has 29 heavy (non-hydrogen) atoms. The van der Waals surface area contributed by atoms with Gasteiger partial charge in [0.05, 0.1) is 17.2 Å². The number of halogens is 1. The van der Waals surface area contributed by atoms with E-state index in [2.05, 4.69) is 17.6 Å². The van der Waals surface area contributed by atoms with E-state index in [1.165, 1.54) is 0 Å². The lowest BCUT2D eigenvalue weighted by Crippen LogP contribution is -2.29. The molecule has 3 amide bonds. The number of nitrogens with zero attached hydrogens (tertiary/aromatic N) is 1. The third-order valence-corrected chi connectivity index (χ3v) is 5.13. The zero-order valence-corrected chi connectivity index (χ0v) is 17.0. The molecule has 1 aliphatic heterocycles. The van der Waals surface area contributed by atoms with Crippen molar-refractivity contribution in [2.75, 3.05) is 23.3 Å². The molecule has 1 fully saturated rings. The van der Waals surface area contributed by atoms with E-state index in [4.69, 9.17) is 11.6 Å². The smallest absolute Gasteiger partial charge is 0.253 e. The first-order chi connectivity index (χ1) is 14.0. The molecule has 0 bridgehead atoms. The van der Waals surface area contributed by atoms with Gasteiger partial charge in [-0.05, 0) is 42.8 Å². The molecule has 1 heterocycles. The molecule has 1 saturated heterocycles. The van der Waals surface area contributed by atoms with Gasteiger partial charge in [0, 0.05) is 30.2 Å². The van der Waals surface area contributed by atoms with Gasteiger partial charge in [0.25, 0.3) is 5.91 Å². The van der Waals surface area contributed by atoms with Crippen molar-refractivity contribution in [2.45, 2.75) is 26.2 Å². The van der Waals surface area contributed by atoms with Gasteiger partial charge in [-0.25, -0.2) is 0 Å². The van der Waals surface area contributed by atoms with Crippen LogP contribution in [0.5, 0.6) is 0 Å².